The number of hydrogen-bond acceptors (Lipinski definition) is 3. The smallest absolute Gasteiger partial charge is 0.0707 e. The van der Waals surface area contributed by atoms with Gasteiger partial charge in [-0.3, -0.25) is 0 Å². The van der Waals surface area contributed by atoms with Gasteiger partial charge in [0.05, 0.1) is 18.3 Å². The minimum atomic E-state index is -0.138. The monoisotopic (exact) mass is 255 g/mol. The van der Waals surface area contributed by atoms with Crippen molar-refractivity contribution in [2.75, 3.05) is 13.2 Å². The Morgan fingerprint density at radius 3 is 2.56 bits per heavy atom. The van der Waals surface area contributed by atoms with Crippen molar-refractivity contribution in [2.24, 2.45) is 5.73 Å². The molecule has 2 N–H and O–H groups in total. The molecule has 18 heavy (non-hydrogen) atoms. The van der Waals surface area contributed by atoms with Crippen molar-refractivity contribution in [2.45, 2.75) is 82.5 Å². The summed E-state index contributed by atoms with van der Waals surface area (Å²) in [5.74, 6) is 0. The summed E-state index contributed by atoms with van der Waals surface area (Å²) in [4.78, 5) is 0. The van der Waals surface area contributed by atoms with Crippen molar-refractivity contribution in [1.29, 1.82) is 0 Å². The first-order valence-corrected chi connectivity index (χ1v) is 7.66. The van der Waals surface area contributed by atoms with Gasteiger partial charge in [-0.1, -0.05) is 26.7 Å². The molecular formula is C15H29NO2. The van der Waals surface area contributed by atoms with Crippen LogP contribution in [0.5, 0.6) is 0 Å². The van der Waals surface area contributed by atoms with Crippen molar-refractivity contribution in [3.63, 3.8) is 0 Å². The van der Waals surface area contributed by atoms with Crippen LogP contribution >= 0.6 is 0 Å². The first kappa shape index (κ1) is 14.3. The lowest BCUT2D eigenvalue weighted by atomic mass is 9.90. The molecule has 0 amide bonds. The minimum absolute atomic E-state index is 0.138. The van der Waals surface area contributed by atoms with E-state index in [4.69, 9.17) is 15.2 Å². The van der Waals surface area contributed by atoms with Crippen LogP contribution in [-0.4, -0.2) is 30.5 Å². The molecule has 0 aromatic heterocycles. The fourth-order valence-corrected chi connectivity index (χ4v) is 3.23. The topological polar surface area (TPSA) is 44.5 Å². The summed E-state index contributed by atoms with van der Waals surface area (Å²) in [6, 6.07) is 0. The molecule has 1 aliphatic heterocycles. The third-order valence-corrected chi connectivity index (χ3v) is 4.98. The largest absolute Gasteiger partial charge is 0.376 e. The molecule has 1 unspecified atom stereocenters. The lowest BCUT2D eigenvalue weighted by molar-refractivity contribution is -0.135. The molecule has 0 aromatic rings. The summed E-state index contributed by atoms with van der Waals surface area (Å²) in [6.07, 6.45) is 9.52. The molecule has 0 radical (unpaired) electrons. The van der Waals surface area contributed by atoms with Crippen LogP contribution in [0.1, 0.15) is 65.2 Å². The molecule has 106 valence electrons. The Morgan fingerprint density at radius 1 is 1.28 bits per heavy atom. The zero-order valence-corrected chi connectivity index (χ0v) is 12.0. The maximum atomic E-state index is 6.30. The molecule has 1 aliphatic carbocycles. The average Bonchev–Trinajstić information content (AvgIpc) is 2.84. The Balaban J connectivity index is 1.82. The highest BCUT2D eigenvalue weighted by molar-refractivity contribution is 4.92. The van der Waals surface area contributed by atoms with Crippen LogP contribution in [0, 0.1) is 0 Å². The van der Waals surface area contributed by atoms with E-state index in [-0.39, 0.29) is 11.1 Å². The second-order valence-corrected chi connectivity index (χ2v) is 6.23. The van der Waals surface area contributed by atoms with Crippen molar-refractivity contribution >= 4 is 0 Å². The first-order valence-electron chi connectivity index (χ1n) is 7.66. The molecule has 0 aromatic carbocycles. The number of rotatable bonds is 5. The highest BCUT2D eigenvalue weighted by Crippen LogP contribution is 2.40. The molecule has 2 rings (SSSR count). The van der Waals surface area contributed by atoms with Gasteiger partial charge in [0.25, 0.3) is 0 Å². The standard InChI is InChI=1S/C15H29NO2/c1-3-14(16,4-2)12-17-13-7-10-18-15(11-13)8-5-6-9-15/h13H,3-12,16H2,1-2H3. The summed E-state index contributed by atoms with van der Waals surface area (Å²) < 4.78 is 12.1. The summed E-state index contributed by atoms with van der Waals surface area (Å²) in [5, 5.41) is 0. The molecule has 1 saturated carbocycles. The fraction of sp³-hybridized carbons (Fsp3) is 1.00. The Labute approximate surface area is 111 Å². The van der Waals surface area contributed by atoms with Crippen LogP contribution in [-0.2, 0) is 9.47 Å². The van der Waals surface area contributed by atoms with Crippen LogP contribution in [0.25, 0.3) is 0 Å². The van der Waals surface area contributed by atoms with Gasteiger partial charge in [0.2, 0.25) is 0 Å². The normalized spacial score (nSPS) is 27.8. The van der Waals surface area contributed by atoms with Crippen LogP contribution in [0.4, 0.5) is 0 Å². The van der Waals surface area contributed by atoms with E-state index in [1.54, 1.807) is 0 Å². The van der Waals surface area contributed by atoms with Crippen LogP contribution in [0.15, 0.2) is 0 Å². The van der Waals surface area contributed by atoms with Crippen LogP contribution in [0.2, 0.25) is 0 Å². The predicted octanol–water partition coefficient (Wildman–Crippen LogP) is 3.01. The maximum absolute atomic E-state index is 6.30. The molecule has 1 heterocycles. The highest BCUT2D eigenvalue weighted by atomic mass is 16.5. The third-order valence-electron chi connectivity index (χ3n) is 4.98. The van der Waals surface area contributed by atoms with Gasteiger partial charge in [0.1, 0.15) is 0 Å². The molecule has 3 nitrogen and oxygen atoms in total. The number of hydrogen-bond donors (Lipinski definition) is 1. The number of nitrogens with two attached hydrogens (primary N) is 1. The summed E-state index contributed by atoms with van der Waals surface area (Å²) in [5.41, 5.74) is 6.32. The molecule has 0 bridgehead atoms. The summed E-state index contributed by atoms with van der Waals surface area (Å²) in [7, 11) is 0. The van der Waals surface area contributed by atoms with Crippen molar-refractivity contribution < 1.29 is 9.47 Å². The Bertz CT molecular complexity index is 257. The van der Waals surface area contributed by atoms with E-state index in [9.17, 15) is 0 Å². The quantitative estimate of drug-likeness (QED) is 0.821. The molecule has 1 saturated heterocycles. The van der Waals surface area contributed by atoms with E-state index in [0.29, 0.717) is 12.7 Å². The van der Waals surface area contributed by atoms with Gasteiger partial charge < -0.3 is 15.2 Å². The number of ether oxygens (including phenoxy) is 2. The van der Waals surface area contributed by atoms with Gasteiger partial charge in [-0.15, -0.1) is 0 Å². The van der Waals surface area contributed by atoms with Gasteiger partial charge in [0, 0.05) is 18.6 Å². The Morgan fingerprint density at radius 2 is 1.94 bits per heavy atom. The average molecular weight is 255 g/mol. The van der Waals surface area contributed by atoms with E-state index >= 15 is 0 Å². The van der Waals surface area contributed by atoms with Gasteiger partial charge >= 0.3 is 0 Å². The fourth-order valence-electron chi connectivity index (χ4n) is 3.23. The van der Waals surface area contributed by atoms with Crippen molar-refractivity contribution in [3.8, 4) is 0 Å². The van der Waals surface area contributed by atoms with Crippen LogP contribution in [0.3, 0.4) is 0 Å². The third kappa shape index (κ3) is 3.25. The molecule has 2 fully saturated rings. The lowest BCUT2D eigenvalue weighted by Gasteiger charge is -2.39. The second-order valence-electron chi connectivity index (χ2n) is 6.23. The van der Waals surface area contributed by atoms with Crippen molar-refractivity contribution in [3.05, 3.63) is 0 Å². The SMILES string of the molecule is CCC(N)(CC)COC1CCOC2(CCCC2)C1. The van der Waals surface area contributed by atoms with Gasteiger partial charge in [-0.25, -0.2) is 0 Å². The summed E-state index contributed by atoms with van der Waals surface area (Å²) >= 11 is 0. The highest BCUT2D eigenvalue weighted by Gasteiger charge is 2.40. The van der Waals surface area contributed by atoms with Gasteiger partial charge in [0.15, 0.2) is 0 Å². The molecule has 1 atom stereocenters. The van der Waals surface area contributed by atoms with Crippen LogP contribution < -0.4 is 5.73 Å². The van der Waals surface area contributed by atoms with Gasteiger partial charge in [-0.2, -0.15) is 0 Å². The Hall–Kier alpha value is -0.120. The zero-order chi connectivity index (χ0) is 13.1. The zero-order valence-electron chi connectivity index (χ0n) is 12.0. The lowest BCUT2D eigenvalue weighted by Crippen LogP contribution is -2.47. The van der Waals surface area contributed by atoms with Crippen molar-refractivity contribution in [1.82, 2.24) is 0 Å². The molecular weight excluding hydrogens is 226 g/mol. The molecule has 2 aliphatic rings. The second kappa shape index (κ2) is 5.89. The van der Waals surface area contributed by atoms with E-state index in [1.165, 1.54) is 25.7 Å². The van der Waals surface area contributed by atoms with Gasteiger partial charge in [-0.05, 0) is 32.1 Å². The van der Waals surface area contributed by atoms with E-state index < -0.39 is 0 Å². The van der Waals surface area contributed by atoms with E-state index in [2.05, 4.69) is 13.8 Å². The minimum Gasteiger partial charge on any atom is -0.376 e. The maximum Gasteiger partial charge on any atom is 0.0707 e. The molecule has 1 spiro atoms. The predicted molar refractivity (Wildman–Crippen MR) is 73.6 cm³/mol. The molecule has 3 heteroatoms. The Kier molecular flexibility index (Phi) is 4.68. The van der Waals surface area contributed by atoms with E-state index in [0.717, 1.165) is 32.3 Å². The summed E-state index contributed by atoms with van der Waals surface area (Å²) in [6.45, 7) is 5.85. The first-order chi connectivity index (χ1) is 8.61. The van der Waals surface area contributed by atoms with E-state index in [1.807, 2.05) is 0 Å².